The van der Waals surface area contributed by atoms with Crippen LogP contribution >= 0.6 is 0 Å². The van der Waals surface area contributed by atoms with Crippen LogP contribution in [0, 0.1) is 0 Å². The fourth-order valence-electron chi connectivity index (χ4n) is 2.87. The molecule has 0 aliphatic carbocycles. The third-order valence-corrected chi connectivity index (χ3v) is 4.01. The molecule has 0 radical (unpaired) electrons. The molecule has 0 spiro atoms. The molecule has 0 fully saturated rings. The Morgan fingerprint density at radius 1 is 1.09 bits per heavy atom. The smallest absolute Gasteiger partial charge is 0.333 e. The standard InChI is InChI=1S/C18H18N2O3/c19-18(22)20-11-10-14-8-4-5-9-15(14)16(20)17(21)23-12-13-6-2-1-3-7-13/h1-9,16H,10-12H2,(H2,19,22). The van der Waals surface area contributed by atoms with Crippen molar-refractivity contribution in [3.63, 3.8) is 0 Å². The zero-order chi connectivity index (χ0) is 16.2. The van der Waals surface area contributed by atoms with Gasteiger partial charge in [0.15, 0.2) is 6.04 Å². The molecular weight excluding hydrogens is 292 g/mol. The maximum Gasteiger partial charge on any atom is 0.333 e. The van der Waals surface area contributed by atoms with E-state index in [1.54, 1.807) is 0 Å². The SMILES string of the molecule is NC(=O)N1CCc2ccccc2C1C(=O)OCc1ccccc1. The fraction of sp³-hybridized carbons (Fsp3) is 0.222. The Labute approximate surface area is 134 Å². The van der Waals surface area contributed by atoms with Crippen LogP contribution in [0.15, 0.2) is 54.6 Å². The Bertz CT molecular complexity index is 715. The van der Waals surface area contributed by atoms with Crippen molar-refractivity contribution >= 4 is 12.0 Å². The number of fused-ring (bicyclic) bond motifs is 1. The van der Waals surface area contributed by atoms with Crippen LogP contribution in [0.25, 0.3) is 0 Å². The molecule has 2 aromatic rings. The molecule has 2 aromatic carbocycles. The number of carbonyl (C=O) groups excluding carboxylic acids is 2. The molecule has 2 amide bonds. The Kier molecular flexibility index (Phi) is 4.28. The third-order valence-electron chi connectivity index (χ3n) is 4.01. The number of esters is 1. The van der Waals surface area contributed by atoms with Gasteiger partial charge in [-0.05, 0) is 23.1 Å². The quantitative estimate of drug-likeness (QED) is 0.885. The lowest BCUT2D eigenvalue weighted by Gasteiger charge is -2.34. The second-order valence-corrected chi connectivity index (χ2v) is 5.48. The van der Waals surface area contributed by atoms with Crippen LogP contribution in [0.4, 0.5) is 4.79 Å². The summed E-state index contributed by atoms with van der Waals surface area (Å²) < 4.78 is 5.42. The van der Waals surface area contributed by atoms with E-state index in [0.717, 1.165) is 16.7 Å². The lowest BCUT2D eigenvalue weighted by Crippen LogP contribution is -2.46. The van der Waals surface area contributed by atoms with E-state index in [-0.39, 0.29) is 6.61 Å². The highest BCUT2D eigenvalue weighted by Gasteiger charge is 2.36. The number of nitrogens with zero attached hydrogens (tertiary/aromatic N) is 1. The van der Waals surface area contributed by atoms with Crippen molar-refractivity contribution < 1.29 is 14.3 Å². The van der Waals surface area contributed by atoms with E-state index in [1.165, 1.54) is 4.90 Å². The van der Waals surface area contributed by atoms with Crippen molar-refractivity contribution in [2.45, 2.75) is 19.1 Å². The maximum absolute atomic E-state index is 12.6. The van der Waals surface area contributed by atoms with Gasteiger partial charge in [-0.3, -0.25) is 0 Å². The number of hydrogen-bond donors (Lipinski definition) is 1. The number of carbonyl (C=O) groups is 2. The van der Waals surface area contributed by atoms with Crippen molar-refractivity contribution in [1.82, 2.24) is 4.90 Å². The summed E-state index contributed by atoms with van der Waals surface area (Å²) in [6.07, 6.45) is 0.682. The van der Waals surface area contributed by atoms with E-state index >= 15 is 0 Å². The van der Waals surface area contributed by atoms with Crippen molar-refractivity contribution in [3.05, 3.63) is 71.3 Å². The Hall–Kier alpha value is -2.82. The first-order valence-electron chi connectivity index (χ1n) is 7.51. The number of hydrogen-bond acceptors (Lipinski definition) is 3. The number of primary amides is 1. The normalized spacial score (nSPS) is 16.5. The van der Waals surface area contributed by atoms with Crippen molar-refractivity contribution in [2.75, 3.05) is 6.54 Å². The average molecular weight is 310 g/mol. The van der Waals surface area contributed by atoms with Crippen LogP contribution in [0.1, 0.15) is 22.7 Å². The summed E-state index contributed by atoms with van der Waals surface area (Å²) in [6, 6.07) is 15.6. The van der Waals surface area contributed by atoms with Crippen LogP contribution < -0.4 is 5.73 Å². The van der Waals surface area contributed by atoms with Gasteiger partial charge in [-0.2, -0.15) is 0 Å². The highest BCUT2D eigenvalue weighted by atomic mass is 16.5. The average Bonchev–Trinajstić information content (AvgIpc) is 2.59. The van der Waals surface area contributed by atoms with Gasteiger partial charge in [-0.15, -0.1) is 0 Å². The molecule has 2 N–H and O–H groups in total. The molecule has 3 rings (SSSR count). The molecule has 0 saturated carbocycles. The molecule has 5 heteroatoms. The summed E-state index contributed by atoms with van der Waals surface area (Å²) in [5.74, 6) is -0.459. The molecule has 1 atom stereocenters. The Morgan fingerprint density at radius 2 is 1.78 bits per heavy atom. The number of ether oxygens (including phenoxy) is 1. The molecule has 118 valence electrons. The molecule has 1 aliphatic rings. The molecular formula is C18H18N2O3. The highest BCUT2D eigenvalue weighted by molar-refractivity contribution is 5.85. The van der Waals surface area contributed by atoms with Crippen molar-refractivity contribution in [3.8, 4) is 0 Å². The zero-order valence-corrected chi connectivity index (χ0v) is 12.6. The second kappa shape index (κ2) is 6.52. The van der Waals surface area contributed by atoms with Gasteiger partial charge in [0.25, 0.3) is 0 Å². The Morgan fingerprint density at radius 3 is 2.52 bits per heavy atom. The molecule has 0 aromatic heterocycles. The van der Waals surface area contributed by atoms with E-state index < -0.39 is 18.0 Å². The van der Waals surface area contributed by atoms with E-state index in [9.17, 15) is 9.59 Å². The first kappa shape index (κ1) is 15.1. The predicted octanol–water partition coefficient (Wildman–Crippen LogP) is 2.41. The van der Waals surface area contributed by atoms with E-state index in [2.05, 4.69) is 0 Å². The van der Waals surface area contributed by atoms with Crippen LogP contribution in [0.2, 0.25) is 0 Å². The van der Waals surface area contributed by atoms with Gasteiger partial charge in [0, 0.05) is 6.54 Å². The first-order chi connectivity index (χ1) is 11.2. The molecule has 1 unspecified atom stereocenters. The largest absolute Gasteiger partial charge is 0.459 e. The van der Waals surface area contributed by atoms with Gasteiger partial charge in [0.05, 0.1) is 0 Å². The maximum atomic E-state index is 12.6. The van der Waals surface area contributed by atoms with Gasteiger partial charge in [0.2, 0.25) is 0 Å². The Balaban J connectivity index is 1.82. The van der Waals surface area contributed by atoms with Crippen molar-refractivity contribution in [2.24, 2.45) is 5.73 Å². The van der Waals surface area contributed by atoms with Gasteiger partial charge in [-0.1, -0.05) is 54.6 Å². The minimum Gasteiger partial charge on any atom is -0.459 e. The van der Waals surface area contributed by atoms with Crippen molar-refractivity contribution in [1.29, 1.82) is 0 Å². The second-order valence-electron chi connectivity index (χ2n) is 5.48. The molecule has 1 heterocycles. The first-order valence-corrected chi connectivity index (χ1v) is 7.51. The molecule has 23 heavy (non-hydrogen) atoms. The van der Waals surface area contributed by atoms with E-state index in [0.29, 0.717) is 13.0 Å². The summed E-state index contributed by atoms with van der Waals surface area (Å²) in [5.41, 5.74) is 8.17. The number of urea groups is 1. The third kappa shape index (κ3) is 3.18. The highest BCUT2D eigenvalue weighted by Crippen LogP contribution is 2.30. The van der Waals surface area contributed by atoms with E-state index in [4.69, 9.17) is 10.5 Å². The monoisotopic (exact) mass is 310 g/mol. The lowest BCUT2D eigenvalue weighted by atomic mass is 9.93. The van der Waals surface area contributed by atoms with Crippen LogP contribution in [-0.2, 0) is 22.6 Å². The van der Waals surface area contributed by atoms with Crippen LogP contribution in [0.5, 0.6) is 0 Å². The van der Waals surface area contributed by atoms with Gasteiger partial charge in [-0.25, -0.2) is 9.59 Å². The fourth-order valence-corrected chi connectivity index (χ4v) is 2.87. The summed E-state index contributed by atoms with van der Waals surface area (Å²) in [5, 5.41) is 0. The topological polar surface area (TPSA) is 72.6 Å². The minimum absolute atomic E-state index is 0.172. The molecule has 0 saturated heterocycles. The molecule has 1 aliphatic heterocycles. The molecule has 5 nitrogen and oxygen atoms in total. The summed E-state index contributed by atoms with van der Waals surface area (Å²) in [4.78, 5) is 25.6. The summed E-state index contributed by atoms with van der Waals surface area (Å²) in [7, 11) is 0. The minimum atomic E-state index is -0.777. The predicted molar refractivity (Wildman–Crippen MR) is 85.4 cm³/mol. The van der Waals surface area contributed by atoms with E-state index in [1.807, 2.05) is 54.6 Å². The lowest BCUT2D eigenvalue weighted by molar-refractivity contribution is -0.151. The summed E-state index contributed by atoms with van der Waals surface area (Å²) in [6.45, 7) is 0.586. The number of nitrogens with two attached hydrogens (primary N) is 1. The number of rotatable bonds is 3. The van der Waals surface area contributed by atoms with Crippen LogP contribution in [0.3, 0.4) is 0 Å². The number of benzene rings is 2. The van der Waals surface area contributed by atoms with Gasteiger partial charge in [0.1, 0.15) is 6.61 Å². The zero-order valence-electron chi connectivity index (χ0n) is 12.6. The van der Waals surface area contributed by atoms with Gasteiger partial charge >= 0.3 is 12.0 Å². The molecule has 0 bridgehead atoms. The number of amides is 2. The van der Waals surface area contributed by atoms with Crippen LogP contribution in [-0.4, -0.2) is 23.4 Å². The van der Waals surface area contributed by atoms with Gasteiger partial charge < -0.3 is 15.4 Å². The summed E-state index contributed by atoms with van der Waals surface area (Å²) >= 11 is 0.